The molecule has 0 saturated heterocycles. The first-order chi connectivity index (χ1) is 17.8. The lowest BCUT2D eigenvalue weighted by Gasteiger charge is -2.44. The SMILES string of the molecule is Cc1ccc(C(C(=O)NC(C)(C)C)N(C(=O)C(Cc2ccccc2)NC(=O)OC(C)(C)C)C(C)(C)C)cc1C. The average Bonchev–Trinajstić information content (AvgIpc) is 2.76. The van der Waals surface area contributed by atoms with Crippen molar-refractivity contribution in [3.8, 4) is 0 Å². The molecular formula is C32H47N3O4. The maximum Gasteiger partial charge on any atom is 0.408 e. The Morgan fingerprint density at radius 2 is 1.44 bits per heavy atom. The highest BCUT2D eigenvalue weighted by atomic mass is 16.6. The molecule has 39 heavy (non-hydrogen) atoms. The van der Waals surface area contributed by atoms with Gasteiger partial charge in [-0.05, 0) is 98.4 Å². The summed E-state index contributed by atoms with van der Waals surface area (Å²) in [6.45, 7) is 20.7. The van der Waals surface area contributed by atoms with Gasteiger partial charge in [-0.15, -0.1) is 0 Å². The fourth-order valence-electron chi connectivity index (χ4n) is 4.30. The predicted molar refractivity (Wildman–Crippen MR) is 156 cm³/mol. The van der Waals surface area contributed by atoms with Gasteiger partial charge in [-0.2, -0.15) is 0 Å². The van der Waals surface area contributed by atoms with E-state index >= 15 is 0 Å². The second-order valence-electron chi connectivity index (χ2n) is 13.3. The number of alkyl carbamates (subject to hydrolysis) is 1. The highest BCUT2D eigenvalue weighted by Gasteiger charge is 2.42. The summed E-state index contributed by atoms with van der Waals surface area (Å²) in [6, 6.07) is 13.4. The number of nitrogens with one attached hydrogen (secondary N) is 2. The summed E-state index contributed by atoms with van der Waals surface area (Å²) in [4.78, 5) is 42.9. The molecule has 2 rings (SSSR count). The van der Waals surface area contributed by atoms with Crippen LogP contribution in [0.4, 0.5) is 4.79 Å². The Labute approximate surface area is 234 Å². The molecule has 0 bridgehead atoms. The van der Waals surface area contributed by atoms with Gasteiger partial charge >= 0.3 is 6.09 Å². The molecule has 0 saturated carbocycles. The summed E-state index contributed by atoms with van der Waals surface area (Å²) in [5.41, 5.74) is 1.69. The molecule has 2 aromatic rings. The van der Waals surface area contributed by atoms with E-state index in [2.05, 4.69) is 10.6 Å². The Morgan fingerprint density at radius 1 is 0.846 bits per heavy atom. The number of nitrogens with zero attached hydrogens (tertiary/aromatic N) is 1. The highest BCUT2D eigenvalue weighted by Crippen LogP contribution is 2.32. The first-order valence-corrected chi connectivity index (χ1v) is 13.5. The van der Waals surface area contributed by atoms with Gasteiger partial charge in [0.25, 0.3) is 0 Å². The molecule has 0 aliphatic rings. The number of carbonyl (C=O) groups excluding carboxylic acids is 3. The molecule has 0 fully saturated rings. The minimum atomic E-state index is -0.960. The number of hydrogen-bond donors (Lipinski definition) is 2. The van der Waals surface area contributed by atoms with Gasteiger partial charge < -0.3 is 20.3 Å². The topological polar surface area (TPSA) is 87.7 Å². The van der Waals surface area contributed by atoms with Crippen LogP contribution in [0.15, 0.2) is 48.5 Å². The van der Waals surface area contributed by atoms with Crippen molar-refractivity contribution in [1.82, 2.24) is 15.5 Å². The molecule has 2 N–H and O–H groups in total. The van der Waals surface area contributed by atoms with Crippen LogP contribution in [0.5, 0.6) is 0 Å². The van der Waals surface area contributed by atoms with Crippen LogP contribution < -0.4 is 10.6 Å². The van der Waals surface area contributed by atoms with Crippen LogP contribution in [0.25, 0.3) is 0 Å². The summed E-state index contributed by atoms with van der Waals surface area (Å²) in [6.07, 6.45) is -0.445. The van der Waals surface area contributed by atoms with Gasteiger partial charge in [0, 0.05) is 17.5 Å². The van der Waals surface area contributed by atoms with Gasteiger partial charge in [-0.1, -0.05) is 48.5 Å². The van der Waals surface area contributed by atoms with Crippen molar-refractivity contribution in [2.75, 3.05) is 0 Å². The molecule has 0 radical (unpaired) electrons. The Morgan fingerprint density at radius 3 is 1.92 bits per heavy atom. The van der Waals surface area contributed by atoms with Crippen molar-refractivity contribution < 1.29 is 19.1 Å². The van der Waals surface area contributed by atoms with E-state index in [1.807, 2.05) is 104 Å². The van der Waals surface area contributed by atoms with Crippen LogP contribution in [0.1, 0.15) is 90.6 Å². The summed E-state index contributed by atoms with van der Waals surface area (Å²) in [5, 5.41) is 5.88. The van der Waals surface area contributed by atoms with E-state index < -0.39 is 34.9 Å². The smallest absolute Gasteiger partial charge is 0.408 e. The van der Waals surface area contributed by atoms with Crippen molar-refractivity contribution in [3.05, 3.63) is 70.8 Å². The van der Waals surface area contributed by atoms with E-state index in [9.17, 15) is 14.4 Å². The summed E-state index contributed by atoms with van der Waals surface area (Å²) < 4.78 is 5.51. The van der Waals surface area contributed by atoms with Gasteiger partial charge in [-0.3, -0.25) is 9.59 Å². The Kier molecular flexibility index (Phi) is 9.99. The first-order valence-electron chi connectivity index (χ1n) is 13.5. The molecule has 2 aromatic carbocycles. The molecule has 2 atom stereocenters. The van der Waals surface area contributed by atoms with Crippen LogP contribution in [-0.4, -0.2) is 45.5 Å². The quantitative estimate of drug-likeness (QED) is 0.452. The Hall–Kier alpha value is -3.35. The molecule has 0 aliphatic carbocycles. The zero-order chi connectivity index (χ0) is 29.8. The van der Waals surface area contributed by atoms with E-state index in [0.29, 0.717) is 5.56 Å². The fraction of sp³-hybridized carbons (Fsp3) is 0.531. The molecule has 3 amide bonds. The maximum absolute atomic E-state index is 14.5. The van der Waals surface area contributed by atoms with E-state index in [0.717, 1.165) is 16.7 Å². The normalized spacial score (nSPS) is 13.7. The Bertz CT molecular complexity index is 1150. The van der Waals surface area contributed by atoms with Crippen LogP contribution in [-0.2, 0) is 20.7 Å². The van der Waals surface area contributed by atoms with Gasteiger partial charge in [-0.25, -0.2) is 4.79 Å². The van der Waals surface area contributed by atoms with Crippen LogP contribution in [0, 0.1) is 13.8 Å². The van der Waals surface area contributed by atoms with Crippen molar-refractivity contribution in [2.45, 2.75) is 111 Å². The number of hydrogen-bond acceptors (Lipinski definition) is 4. The average molecular weight is 538 g/mol. The van der Waals surface area contributed by atoms with Crippen molar-refractivity contribution in [2.24, 2.45) is 0 Å². The lowest BCUT2D eigenvalue weighted by molar-refractivity contribution is -0.149. The molecule has 0 aromatic heterocycles. The summed E-state index contributed by atoms with van der Waals surface area (Å²) in [7, 11) is 0. The van der Waals surface area contributed by atoms with E-state index in [-0.39, 0.29) is 18.2 Å². The third-order valence-corrected chi connectivity index (χ3v) is 6.08. The first kappa shape index (κ1) is 31.9. The molecule has 7 heteroatoms. The predicted octanol–water partition coefficient (Wildman–Crippen LogP) is 6.02. The van der Waals surface area contributed by atoms with Crippen molar-refractivity contribution in [1.29, 1.82) is 0 Å². The number of ether oxygens (including phenoxy) is 1. The molecule has 0 spiro atoms. The molecule has 0 heterocycles. The summed E-state index contributed by atoms with van der Waals surface area (Å²) in [5.74, 6) is -0.658. The monoisotopic (exact) mass is 537 g/mol. The van der Waals surface area contributed by atoms with Crippen LogP contribution in [0.3, 0.4) is 0 Å². The van der Waals surface area contributed by atoms with E-state index in [1.165, 1.54) is 0 Å². The molecule has 214 valence electrons. The Balaban J connectivity index is 2.65. The number of rotatable bonds is 7. The maximum atomic E-state index is 14.5. The van der Waals surface area contributed by atoms with E-state index in [4.69, 9.17) is 4.74 Å². The van der Waals surface area contributed by atoms with Crippen molar-refractivity contribution >= 4 is 17.9 Å². The van der Waals surface area contributed by atoms with Gasteiger partial charge in [0.2, 0.25) is 11.8 Å². The number of benzene rings is 2. The second-order valence-corrected chi connectivity index (χ2v) is 13.3. The molecule has 0 aliphatic heterocycles. The third kappa shape index (κ3) is 9.72. The minimum absolute atomic E-state index is 0.242. The second kappa shape index (κ2) is 12.2. The largest absolute Gasteiger partial charge is 0.444 e. The van der Waals surface area contributed by atoms with Gasteiger partial charge in [0.1, 0.15) is 17.7 Å². The third-order valence-electron chi connectivity index (χ3n) is 6.08. The highest BCUT2D eigenvalue weighted by molar-refractivity contribution is 5.93. The number of carbonyl (C=O) groups is 3. The minimum Gasteiger partial charge on any atom is -0.444 e. The number of amides is 3. The van der Waals surface area contributed by atoms with Crippen LogP contribution >= 0.6 is 0 Å². The van der Waals surface area contributed by atoms with Gasteiger partial charge in [0.15, 0.2) is 0 Å². The number of aryl methyl sites for hydroxylation is 2. The summed E-state index contributed by atoms with van der Waals surface area (Å²) >= 11 is 0. The lowest BCUT2D eigenvalue weighted by atomic mass is 9.92. The molecule has 2 unspecified atom stereocenters. The fourth-order valence-corrected chi connectivity index (χ4v) is 4.30. The van der Waals surface area contributed by atoms with Crippen LogP contribution in [0.2, 0.25) is 0 Å². The zero-order valence-electron chi connectivity index (χ0n) is 25.6. The molecular weight excluding hydrogens is 490 g/mol. The van der Waals surface area contributed by atoms with Gasteiger partial charge in [0.05, 0.1) is 0 Å². The van der Waals surface area contributed by atoms with Crippen molar-refractivity contribution in [3.63, 3.8) is 0 Å². The lowest BCUT2D eigenvalue weighted by Crippen LogP contribution is -2.60. The molecule has 7 nitrogen and oxygen atoms in total. The standard InChI is InChI=1S/C32H47N3O4/c1-21-17-18-24(19-22(21)2)26(27(36)34-30(3,4)5)35(31(6,7)8)28(37)25(20-23-15-13-12-14-16-23)33-29(38)39-32(9,10)11/h12-19,25-26H,20H2,1-11H3,(H,33,38)(H,34,36). The van der Waals surface area contributed by atoms with E-state index in [1.54, 1.807) is 25.7 Å². The zero-order valence-corrected chi connectivity index (χ0v) is 25.6.